The van der Waals surface area contributed by atoms with Crippen LogP contribution in [0.25, 0.3) is 11.0 Å². The molecule has 1 N–H and O–H groups in total. The van der Waals surface area contributed by atoms with E-state index in [0.717, 1.165) is 18.4 Å². The van der Waals surface area contributed by atoms with Gasteiger partial charge in [-0.2, -0.15) is 13.2 Å². The van der Waals surface area contributed by atoms with Crippen LogP contribution in [0, 0.1) is 5.82 Å². The Kier molecular flexibility index (Phi) is 5.40. The Labute approximate surface area is 163 Å². The van der Waals surface area contributed by atoms with Crippen molar-refractivity contribution in [3.63, 3.8) is 0 Å². The van der Waals surface area contributed by atoms with Crippen LogP contribution in [-0.2, 0) is 28.3 Å². The van der Waals surface area contributed by atoms with E-state index in [1.165, 1.54) is 0 Å². The molecule has 0 atom stereocenters. The Morgan fingerprint density at radius 2 is 1.83 bits per heavy atom. The first-order valence-corrected chi connectivity index (χ1v) is 10.3. The molecular weight excluding hydrogens is 414 g/mol. The molecule has 5 nitrogen and oxygen atoms in total. The number of halogens is 4. The average Bonchev–Trinajstić information content (AvgIpc) is 2.97. The van der Waals surface area contributed by atoms with Crippen LogP contribution in [0.15, 0.2) is 46.9 Å². The van der Waals surface area contributed by atoms with Crippen LogP contribution < -0.4 is 5.32 Å². The summed E-state index contributed by atoms with van der Waals surface area (Å²) in [5.41, 5.74) is -1.16. The number of nitrogens with one attached hydrogen (secondary N) is 1. The van der Waals surface area contributed by atoms with E-state index in [2.05, 4.69) is 5.32 Å². The Hall–Kier alpha value is -2.88. The normalized spacial score (nSPS) is 12.3. The second-order valence-electron chi connectivity index (χ2n) is 6.46. The molecule has 154 valence electrons. The van der Waals surface area contributed by atoms with Crippen molar-refractivity contribution >= 4 is 26.7 Å². The van der Waals surface area contributed by atoms with Crippen LogP contribution in [-0.4, -0.2) is 20.6 Å². The van der Waals surface area contributed by atoms with Crippen molar-refractivity contribution in [3.05, 3.63) is 70.7 Å². The number of amides is 1. The van der Waals surface area contributed by atoms with Gasteiger partial charge >= 0.3 is 6.18 Å². The van der Waals surface area contributed by atoms with E-state index in [1.807, 2.05) is 0 Å². The number of para-hydroxylation sites is 1. The van der Waals surface area contributed by atoms with Gasteiger partial charge in [-0.05, 0) is 23.8 Å². The second-order valence-corrected chi connectivity index (χ2v) is 8.60. The number of furan rings is 1. The summed E-state index contributed by atoms with van der Waals surface area (Å²) in [6.45, 7) is -0.552. The van der Waals surface area contributed by atoms with E-state index in [4.69, 9.17) is 4.42 Å². The zero-order valence-corrected chi connectivity index (χ0v) is 15.8. The smallest absolute Gasteiger partial charge is 0.416 e. The largest absolute Gasteiger partial charge is 0.451 e. The van der Waals surface area contributed by atoms with Gasteiger partial charge in [0, 0.05) is 23.8 Å². The molecule has 1 aromatic heterocycles. The molecule has 29 heavy (non-hydrogen) atoms. The average molecular weight is 429 g/mol. The number of alkyl halides is 3. The molecule has 10 heteroatoms. The third-order valence-electron chi connectivity index (χ3n) is 4.13. The summed E-state index contributed by atoms with van der Waals surface area (Å²) in [6, 6.07) is 8.52. The second kappa shape index (κ2) is 7.51. The molecule has 0 aliphatic heterocycles. The lowest BCUT2D eigenvalue weighted by molar-refractivity contribution is -0.138. The van der Waals surface area contributed by atoms with Crippen molar-refractivity contribution in [3.8, 4) is 0 Å². The molecule has 3 rings (SSSR count). The molecule has 0 radical (unpaired) electrons. The number of benzene rings is 2. The lowest BCUT2D eigenvalue weighted by Gasteiger charge is -2.13. The van der Waals surface area contributed by atoms with Crippen LogP contribution in [0.4, 0.5) is 17.6 Å². The van der Waals surface area contributed by atoms with Crippen molar-refractivity contribution in [2.24, 2.45) is 0 Å². The molecular formula is C19H15F4NO4S. The molecule has 0 aliphatic carbocycles. The maximum Gasteiger partial charge on any atom is 0.416 e. The van der Waals surface area contributed by atoms with Crippen LogP contribution in [0.2, 0.25) is 0 Å². The van der Waals surface area contributed by atoms with Crippen molar-refractivity contribution in [1.82, 2.24) is 5.32 Å². The molecule has 2 aromatic carbocycles. The zero-order valence-electron chi connectivity index (χ0n) is 15.0. The van der Waals surface area contributed by atoms with Gasteiger partial charge in [0.15, 0.2) is 15.6 Å². The van der Waals surface area contributed by atoms with Gasteiger partial charge in [-0.15, -0.1) is 0 Å². The molecule has 3 aromatic rings. The van der Waals surface area contributed by atoms with Gasteiger partial charge < -0.3 is 9.73 Å². The highest BCUT2D eigenvalue weighted by Crippen LogP contribution is 2.33. The van der Waals surface area contributed by atoms with E-state index in [1.54, 1.807) is 24.3 Å². The Morgan fingerprint density at radius 1 is 1.14 bits per heavy atom. The minimum absolute atomic E-state index is 0.121. The van der Waals surface area contributed by atoms with E-state index >= 15 is 0 Å². The van der Waals surface area contributed by atoms with E-state index in [0.29, 0.717) is 11.5 Å². The number of carbonyl (C=O) groups excluding carboxylic acids is 1. The van der Waals surface area contributed by atoms with E-state index in [9.17, 15) is 30.8 Å². The highest BCUT2D eigenvalue weighted by molar-refractivity contribution is 7.89. The molecule has 0 unspecified atom stereocenters. The topological polar surface area (TPSA) is 76.4 Å². The molecule has 0 aliphatic rings. The minimum atomic E-state index is -4.80. The first-order chi connectivity index (χ1) is 13.5. The van der Waals surface area contributed by atoms with E-state index < -0.39 is 45.6 Å². The van der Waals surface area contributed by atoms with Gasteiger partial charge in [-0.3, -0.25) is 4.79 Å². The number of sulfone groups is 1. The first kappa shape index (κ1) is 20.8. The summed E-state index contributed by atoms with van der Waals surface area (Å²) in [5, 5.41) is 2.70. The summed E-state index contributed by atoms with van der Waals surface area (Å²) >= 11 is 0. The monoisotopic (exact) mass is 429 g/mol. The third-order valence-corrected chi connectivity index (χ3v) is 4.94. The Morgan fingerprint density at radius 3 is 2.48 bits per heavy atom. The highest BCUT2D eigenvalue weighted by atomic mass is 32.2. The summed E-state index contributed by atoms with van der Waals surface area (Å²) in [7, 11) is -3.52. The fraction of sp³-hybridized carbons (Fsp3) is 0.211. The predicted octanol–water partition coefficient (Wildman–Crippen LogP) is 4.07. The number of carbonyl (C=O) groups is 1. The molecule has 1 amide bonds. The zero-order chi connectivity index (χ0) is 21.4. The Balaban J connectivity index is 1.93. The van der Waals surface area contributed by atoms with Gasteiger partial charge in [-0.25, -0.2) is 12.8 Å². The maximum absolute atomic E-state index is 13.2. The molecule has 0 saturated carbocycles. The van der Waals surface area contributed by atoms with Gasteiger partial charge in [0.05, 0.1) is 11.3 Å². The minimum Gasteiger partial charge on any atom is -0.451 e. The summed E-state index contributed by atoms with van der Waals surface area (Å²) in [4.78, 5) is 12.6. The van der Waals surface area contributed by atoms with Crippen LogP contribution in [0.3, 0.4) is 0 Å². The highest BCUT2D eigenvalue weighted by Gasteiger charge is 2.34. The number of hydrogen-bond donors (Lipinski definition) is 1. The SMILES string of the molecule is CS(=O)(=O)Cc1c(C(=O)NCc2ccc(F)cc2C(F)(F)F)oc2ccccc12. The number of fused-ring (bicyclic) bond motifs is 1. The van der Waals surface area contributed by atoms with Gasteiger partial charge in [0.1, 0.15) is 11.4 Å². The quantitative estimate of drug-likeness (QED) is 0.621. The standard InChI is InChI=1S/C19H15F4NO4S/c1-29(26,27)10-14-13-4-2-3-5-16(13)28-17(14)18(25)24-9-11-6-7-12(20)8-15(11)19(21,22)23/h2-8H,9-10H2,1H3,(H,24,25). The summed E-state index contributed by atoms with van der Waals surface area (Å²) in [6.07, 6.45) is -3.81. The Bertz CT molecular complexity index is 1180. The van der Waals surface area contributed by atoms with Crippen molar-refractivity contribution in [1.29, 1.82) is 0 Å². The number of hydrogen-bond acceptors (Lipinski definition) is 4. The van der Waals surface area contributed by atoms with Gasteiger partial charge in [0.25, 0.3) is 5.91 Å². The molecule has 0 bridgehead atoms. The van der Waals surface area contributed by atoms with Crippen LogP contribution in [0.5, 0.6) is 0 Å². The van der Waals surface area contributed by atoms with Crippen molar-refractivity contribution in [2.75, 3.05) is 6.26 Å². The van der Waals surface area contributed by atoms with Crippen LogP contribution in [0.1, 0.15) is 27.2 Å². The molecule has 0 fully saturated rings. The summed E-state index contributed by atoms with van der Waals surface area (Å²) in [5.74, 6) is -2.71. The fourth-order valence-electron chi connectivity index (χ4n) is 2.91. The van der Waals surface area contributed by atoms with Gasteiger partial charge in [0.2, 0.25) is 0 Å². The van der Waals surface area contributed by atoms with Crippen LogP contribution >= 0.6 is 0 Å². The lowest BCUT2D eigenvalue weighted by atomic mass is 10.1. The fourth-order valence-corrected chi connectivity index (χ4v) is 3.72. The molecule has 0 saturated heterocycles. The molecule has 0 spiro atoms. The summed E-state index contributed by atoms with van der Waals surface area (Å²) < 4.78 is 81.5. The predicted molar refractivity (Wildman–Crippen MR) is 97.3 cm³/mol. The van der Waals surface area contributed by atoms with Gasteiger partial charge in [-0.1, -0.05) is 24.3 Å². The molecule has 1 heterocycles. The third kappa shape index (κ3) is 4.76. The lowest BCUT2D eigenvalue weighted by Crippen LogP contribution is -2.25. The first-order valence-electron chi connectivity index (χ1n) is 8.27. The van der Waals surface area contributed by atoms with E-state index in [-0.39, 0.29) is 22.5 Å². The van der Waals surface area contributed by atoms with Crippen molar-refractivity contribution in [2.45, 2.75) is 18.5 Å². The maximum atomic E-state index is 13.2. The number of rotatable bonds is 5. The van der Waals surface area contributed by atoms with Crippen molar-refractivity contribution < 1.29 is 35.2 Å².